The highest BCUT2D eigenvalue weighted by atomic mass is 16.5. The van der Waals surface area contributed by atoms with Crippen LogP contribution in [-0.2, 0) is 22.5 Å². The van der Waals surface area contributed by atoms with Crippen LogP contribution in [0.5, 0.6) is 11.5 Å². The highest BCUT2D eigenvalue weighted by molar-refractivity contribution is 5.79. The number of hydrogen-bond acceptors (Lipinski definition) is 4. The molecule has 1 unspecified atom stereocenters. The van der Waals surface area contributed by atoms with Gasteiger partial charge in [-0.15, -0.1) is 0 Å². The number of rotatable bonds is 18. The van der Waals surface area contributed by atoms with Crippen molar-refractivity contribution < 1.29 is 18.9 Å². The Bertz CT molecular complexity index is 1260. The first-order valence-corrected chi connectivity index (χ1v) is 16.4. The molecule has 1 fully saturated rings. The van der Waals surface area contributed by atoms with E-state index in [4.69, 9.17) is 18.9 Å². The van der Waals surface area contributed by atoms with E-state index in [-0.39, 0.29) is 0 Å². The third kappa shape index (κ3) is 7.76. The van der Waals surface area contributed by atoms with E-state index in [2.05, 4.69) is 57.2 Å². The molecule has 226 valence electrons. The van der Waals surface area contributed by atoms with E-state index in [1.54, 1.807) is 0 Å². The molecule has 0 spiro atoms. The molecule has 1 aliphatic carbocycles. The van der Waals surface area contributed by atoms with Crippen LogP contribution in [0.4, 0.5) is 0 Å². The summed E-state index contributed by atoms with van der Waals surface area (Å²) in [5.41, 5.74) is 8.64. The maximum atomic E-state index is 6.15. The maximum Gasteiger partial charge on any atom is 0.120 e. The van der Waals surface area contributed by atoms with E-state index in [0.717, 1.165) is 70.2 Å². The summed E-state index contributed by atoms with van der Waals surface area (Å²) >= 11 is 0. The van der Waals surface area contributed by atoms with Crippen LogP contribution in [0, 0.1) is 5.41 Å². The molecule has 1 atom stereocenters. The number of ether oxygens (including phenoxy) is 4. The predicted octanol–water partition coefficient (Wildman–Crippen LogP) is 9.51. The molecule has 0 bridgehead atoms. The van der Waals surface area contributed by atoms with Crippen LogP contribution in [-0.4, -0.2) is 33.0 Å². The van der Waals surface area contributed by atoms with Gasteiger partial charge < -0.3 is 18.9 Å². The fourth-order valence-electron chi connectivity index (χ4n) is 6.14. The topological polar surface area (TPSA) is 36.9 Å². The van der Waals surface area contributed by atoms with Gasteiger partial charge in [0.2, 0.25) is 0 Å². The summed E-state index contributed by atoms with van der Waals surface area (Å²) in [4.78, 5) is 0. The Morgan fingerprint density at radius 3 is 2.00 bits per heavy atom. The highest BCUT2D eigenvalue weighted by Gasteiger charge is 2.36. The zero-order valence-electron chi connectivity index (χ0n) is 26.1. The SMILES string of the molecule is CCCCCc1ccc2c(c1)C(C)c1cc(COc3ccc(OCCCCCCOCC4(CC)COC4)cc3)ccc1-2. The van der Waals surface area contributed by atoms with E-state index in [0.29, 0.717) is 17.9 Å². The summed E-state index contributed by atoms with van der Waals surface area (Å²) in [5.74, 6) is 2.19. The van der Waals surface area contributed by atoms with E-state index >= 15 is 0 Å². The van der Waals surface area contributed by atoms with Gasteiger partial charge in [-0.05, 0) is 96.2 Å². The fourth-order valence-corrected chi connectivity index (χ4v) is 6.14. The third-order valence-corrected chi connectivity index (χ3v) is 9.18. The Balaban J connectivity index is 0.998. The summed E-state index contributed by atoms with van der Waals surface area (Å²) in [6, 6.07) is 22.0. The molecule has 0 N–H and O–H groups in total. The van der Waals surface area contributed by atoms with Crippen LogP contribution in [0.1, 0.15) is 100 Å². The van der Waals surface area contributed by atoms with Crippen molar-refractivity contribution in [3.63, 3.8) is 0 Å². The van der Waals surface area contributed by atoms with Crippen LogP contribution in [0.2, 0.25) is 0 Å². The lowest BCUT2D eigenvalue weighted by Crippen LogP contribution is -2.45. The summed E-state index contributed by atoms with van der Waals surface area (Å²) in [5, 5.41) is 0. The second-order valence-electron chi connectivity index (χ2n) is 12.4. The Labute approximate surface area is 253 Å². The molecule has 0 saturated carbocycles. The molecular formula is C38H50O4. The minimum absolute atomic E-state index is 0.292. The zero-order chi connectivity index (χ0) is 29.2. The van der Waals surface area contributed by atoms with Crippen LogP contribution < -0.4 is 9.47 Å². The summed E-state index contributed by atoms with van der Waals surface area (Å²) in [6.45, 7) is 11.5. The number of benzene rings is 3. The first-order valence-electron chi connectivity index (χ1n) is 16.4. The van der Waals surface area contributed by atoms with Crippen molar-refractivity contribution in [1.29, 1.82) is 0 Å². The molecule has 3 aromatic carbocycles. The first-order chi connectivity index (χ1) is 20.6. The lowest BCUT2D eigenvalue weighted by molar-refractivity contribution is -0.150. The van der Waals surface area contributed by atoms with Crippen LogP contribution >= 0.6 is 0 Å². The lowest BCUT2D eigenvalue weighted by Gasteiger charge is -2.40. The summed E-state index contributed by atoms with van der Waals surface area (Å²) in [7, 11) is 0. The smallest absolute Gasteiger partial charge is 0.120 e. The fraction of sp³-hybridized carbons (Fsp3) is 0.526. The molecule has 1 saturated heterocycles. The van der Waals surface area contributed by atoms with Crippen molar-refractivity contribution >= 4 is 0 Å². The third-order valence-electron chi connectivity index (χ3n) is 9.18. The number of hydrogen-bond donors (Lipinski definition) is 0. The molecule has 0 aromatic heterocycles. The molecule has 1 heterocycles. The second-order valence-corrected chi connectivity index (χ2v) is 12.4. The van der Waals surface area contributed by atoms with Crippen molar-refractivity contribution in [2.45, 2.75) is 91.1 Å². The van der Waals surface area contributed by atoms with Crippen molar-refractivity contribution in [2.24, 2.45) is 5.41 Å². The Hall–Kier alpha value is -2.82. The molecule has 5 rings (SSSR count). The van der Waals surface area contributed by atoms with Crippen LogP contribution in [0.15, 0.2) is 60.7 Å². The van der Waals surface area contributed by atoms with Crippen molar-refractivity contribution in [3.05, 3.63) is 82.9 Å². The van der Waals surface area contributed by atoms with Crippen molar-refractivity contribution in [1.82, 2.24) is 0 Å². The molecule has 42 heavy (non-hydrogen) atoms. The van der Waals surface area contributed by atoms with Gasteiger partial charge in [-0.25, -0.2) is 0 Å². The minimum atomic E-state index is 0.292. The average Bonchev–Trinajstić information content (AvgIpc) is 3.27. The van der Waals surface area contributed by atoms with Gasteiger partial charge in [0.05, 0.1) is 26.4 Å². The zero-order valence-corrected chi connectivity index (χ0v) is 26.1. The van der Waals surface area contributed by atoms with Crippen molar-refractivity contribution in [3.8, 4) is 22.6 Å². The normalized spacial score (nSPS) is 16.5. The minimum Gasteiger partial charge on any atom is -0.494 e. The largest absolute Gasteiger partial charge is 0.494 e. The maximum absolute atomic E-state index is 6.15. The predicted molar refractivity (Wildman–Crippen MR) is 172 cm³/mol. The van der Waals surface area contributed by atoms with E-state index in [1.807, 2.05) is 24.3 Å². The molecule has 1 aliphatic heterocycles. The molecule has 3 aromatic rings. The quantitative estimate of drug-likeness (QED) is 0.143. The monoisotopic (exact) mass is 570 g/mol. The van der Waals surface area contributed by atoms with Gasteiger partial charge in [0.25, 0.3) is 0 Å². The standard InChI is InChI=1S/C38H50O4/c1-4-6-9-12-30-13-19-34-35-20-14-31(24-37(35)29(3)36(34)23-30)25-42-33-17-15-32(16-18-33)41-22-11-8-7-10-21-39-26-38(5-2)27-40-28-38/h13-20,23-24,29H,4-12,21-22,25-28H2,1-3H3. The average molecular weight is 571 g/mol. The van der Waals surface area contributed by atoms with Gasteiger partial charge in [-0.2, -0.15) is 0 Å². The van der Waals surface area contributed by atoms with Gasteiger partial charge >= 0.3 is 0 Å². The number of aryl methyl sites for hydroxylation is 1. The highest BCUT2D eigenvalue weighted by Crippen LogP contribution is 2.45. The molecular weight excluding hydrogens is 520 g/mol. The molecule has 4 heteroatoms. The van der Waals surface area contributed by atoms with Crippen LogP contribution in [0.25, 0.3) is 11.1 Å². The van der Waals surface area contributed by atoms with E-state index in [9.17, 15) is 0 Å². The van der Waals surface area contributed by atoms with Gasteiger partial charge in [0, 0.05) is 17.9 Å². The Morgan fingerprint density at radius 1 is 0.714 bits per heavy atom. The number of unbranched alkanes of at least 4 members (excludes halogenated alkanes) is 5. The molecule has 0 amide bonds. The lowest BCUT2D eigenvalue weighted by atomic mass is 9.84. The molecule has 2 aliphatic rings. The van der Waals surface area contributed by atoms with Crippen LogP contribution in [0.3, 0.4) is 0 Å². The van der Waals surface area contributed by atoms with Crippen molar-refractivity contribution in [2.75, 3.05) is 33.0 Å². The molecule has 0 radical (unpaired) electrons. The first kappa shape index (κ1) is 30.6. The van der Waals surface area contributed by atoms with Gasteiger partial charge in [0.1, 0.15) is 18.1 Å². The Kier molecular flexibility index (Phi) is 11.0. The van der Waals surface area contributed by atoms with E-state index < -0.39 is 0 Å². The van der Waals surface area contributed by atoms with Gasteiger partial charge in [-0.3, -0.25) is 0 Å². The second kappa shape index (κ2) is 15.1. The Morgan fingerprint density at radius 2 is 1.36 bits per heavy atom. The summed E-state index contributed by atoms with van der Waals surface area (Å²) in [6.07, 6.45) is 10.7. The van der Waals surface area contributed by atoms with E-state index in [1.165, 1.54) is 65.5 Å². The van der Waals surface area contributed by atoms with Gasteiger partial charge in [0.15, 0.2) is 0 Å². The number of fused-ring (bicyclic) bond motifs is 3. The molecule has 4 nitrogen and oxygen atoms in total. The van der Waals surface area contributed by atoms with Gasteiger partial charge in [-0.1, -0.05) is 76.4 Å². The summed E-state index contributed by atoms with van der Waals surface area (Å²) < 4.78 is 23.4.